The molecule has 0 saturated heterocycles. The Morgan fingerprint density at radius 2 is 2.29 bits per heavy atom. The first kappa shape index (κ1) is 6.73. The van der Waals surface area contributed by atoms with Gasteiger partial charge in [-0.15, -0.1) is 0 Å². The van der Waals surface area contributed by atoms with E-state index in [0.717, 1.165) is 0 Å². The highest BCUT2D eigenvalue weighted by atomic mass is 31.1. The molecule has 0 aromatic carbocycles. The zero-order chi connectivity index (χ0) is 5.86. The van der Waals surface area contributed by atoms with Crippen LogP contribution < -0.4 is 0 Å². The van der Waals surface area contributed by atoms with Gasteiger partial charge in [0.1, 0.15) is 0 Å². The number of rotatable bonds is 2. The molecule has 1 atom stereocenters. The molecule has 0 aromatic rings. The van der Waals surface area contributed by atoms with Crippen LogP contribution in [0.4, 0.5) is 0 Å². The third-order valence-corrected chi connectivity index (χ3v) is 1.26. The number of carbonyl (C=O) groups is 1. The van der Waals surface area contributed by atoms with Crippen molar-refractivity contribution >= 4 is 13.6 Å². The average Bonchev–Trinajstić information content (AvgIpc) is 1.65. The maximum Gasteiger partial charge on any atom is 0.584 e. The summed E-state index contributed by atoms with van der Waals surface area (Å²) in [5.74, 6) is 0. The maximum absolute atomic E-state index is 9.98. The molecule has 0 bridgehead atoms. The maximum atomic E-state index is 9.98. The van der Waals surface area contributed by atoms with Crippen molar-refractivity contribution in [1.29, 1.82) is 0 Å². The highest BCUT2D eigenvalue weighted by Crippen LogP contribution is 2.15. The molecule has 0 spiro atoms. The van der Waals surface area contributed by atoms with Crippen LogP contribution in [0.15, 0.2) is 0 Å². The van der Waals surface area contributed by atoms with Crippen molar-refractivity contribution in [3.8, 4) is 0 Å². The zero-order valence-electron chi connectivity index (χ0n) is 3.92. The van der Waals surface area contributed by atoms with Crippen LogP contribution in [0.3, 0.4) is 0 Å². The average molecular weight is 121 g/mol. The summed E-state index contributed by atoms with van der Waals surface area (Å²) < 4.78 is 9.73. The van der Waals surface area contributed by atoms with E-state index >= 15 is 0 Å². The molecule has 3 nitrogen and oxygen atoms in total. The second-order valence-corrected chi connectivity index (χ2v) is 2.06. The predicted octanol–water partition coefficient (Wildman–Crippen LogP) is 0.658. The monoisotopic (exact) mass is 121 g/mol. The first-order valence-corrected chi connectivity index (χ1v) is 3.08. The molecule has 0 radical (unpaired) electrons. The second kappa shape index (κ2) is 2.83. The summed E-state index contributed by atoms with van der Waals surface area (Å²) in [5, 5.41) is 0. The van der Waals surface area contributed by atoms with Crippen molar-refractivity contribution < 1.29 is 14.3 Å². The molecule has 1 unspecified atom stereocenters. The van der Waals surface area contributed by atoms with Gasteiger partial charge in [0.05, 0.1) is 6.42 Å². The van der Waals surface area contributed by atoms with E-state index in [-0.39, 0.29) is 6.42 Å². The third-order valence-electron chi connectivity index (χ3n) is 0.516. The predicted molar refractivity (Wildman–Crippen MR) is 25.1 cm³/mol. The quantitative estimate of drug-likeness (QED) is 0.546. The van der Waals surface area contributed by atoms with Crippen molar-refractivity contribution in [2.75, 3.05) is 0 Å². The van der Waals surface area contributed by atoms with E-state index in [2.05, 4.69) is 0 Å². The fraction of sp³-hybridized carbons (Fsp3) is 0.667. The highest BCUT2D eigenvalue weighted by Gasteiger charge is 2.21. The molecule has 0 heterocycles. The number of carbonyl (C=O) groups excluding carboxylic acids is 1. The minimum Gasteiger partial charge on any atom is -0.237 e. The lowest BCUT2D eigenvalue weighted by molar-refractivity contribution is -0.111. The van der Waals surface area contributed by atoms with Crippen LogP contribution in [-0.4, -0.2) is 10.4 Å². The lowest BCUT2D eigenvalue weighted by Gasteiger charge is -1.66. The van der Waals surface area contributed by atoms with E-state index in [9.17, 15) is 9.36 Å². The van der Waals surface area contributed by atoms with Crippen molar-refractivity contribution in [2.24, 2.45) is 0 Å². The molecule has 0 saturated carbocycles. The first-order valence-electron chi connectivity index (χ1n) is 1.87. The van der Waals surface area contributed by atoms with E-state index in [1.54, 1.807) is 6.92 Å². The fourth-order valence-electron chi connectivity index (χ4n) is 0.135. The van der Waals surface area contributed by atoms with Gasteiger partial charge < -0.3 is 0 Å². The number of hydrogen-bond donors (Lipinski definition) is 1. The molecular formula is C3H6O3P+. The first-order chi connectivity index (χ1) is 3.18. The standard InChI is InChI=1S/C3H5O3P/c1-2-3(4)7(5)6/h2H2,1H3/p+1. The van der Waals surface area contributed by atoms with Crippen molar-refractivity contribution in [3.05, 3.63) is 0 Å². The fourth-order valence-corrected chi connectivity index (χ4v) is 0.406. The van der Waals surface area contributed by atoms with Gasteiger partial charge in [0.15, 0.2) is 0 Å². The summed E-state index contributed by atoms with van der Waals surface area (Å²) in [6.07, 6.45) is 0.145. The van der Waals surface area contributed by atoms with Crippen LogP contribution in [0, 0.1) is 0 Å². The Morgan fingerprint density at radius 3 is 2.29 bits per heavy atom. The lowest BCUT2D eigenvalue weighted by Crippen LogP contribution is -1.83. The molecule has 1 N–H and O–H groups in total. The molecule has 0 aliphatic heterocycles. The van der Waals surface area contributed by atoms with Gasteiger partial charge in [0, 0.05) is 0 Å². The van der Waals surface area contributed by atoms with Gasteiger partial charge in [-0.05, 0) is 4.57 Å². The molecule has 0 amide bonds. The Hall–Kier alpha value is -0.270. The van der Waals surface area contributed by atoms with E-state index in [4.69, 9.17) is 4.89 Å². The Balaban J connectivity index is 3.58. The summed E-state index contributed by atoms with van der Waals surface area (Å²) in [4.78, 5) is 18.0. The molecule has 0 aliphatic carbocycles. The molecule has 0 fully saturated rings. The molecule has 0 rings (SSSR count). The summed E-state index contributed by atoms with van der Waals surface area (Å²) in [6.45, 7) is 1.55. The van der Waals surface area contributed by atoms with Gasteiger partial charge in [-0.3, -0.25) is 0 Å². The van der Waals surface area contributed by atoms with Gasteiger partial charge >= 0.3 is 13.6 Å². The lowest BCUT2D eigenvalue weighted by atomic mass is 10.6. The van der Waals surface area contributed by atoms with Gasteiger partial charge in [0.2, 0.25) is 0 Å². The van der Waals surface area contributed by atoms with E-state index in [1.165, 1.54) is 0 Å². The van der Waals surface area contributed by atoms with Crippen molar-refractivity contribution in [2.45, 2.75) is 13.3 Å². The smallest absolute Gasteiger partial charge is 0.237 e. The second-order valence-electron chi connectivity index (χ2n) is 1.02. The van der Waals surface area contributed by atoms with E-state index in [0.29, 0.717) is 0 Å². The Labute approximate surface area is 42.2 Å². The van der Waals surface area contributed by atoms with Crippen molar-refractivity contribution in [3.63, 3.8) is 0 Å². The molecule has 0 aromatic heterocycles. The Bertz CT molecular complexity index is 98.4. The topological polar surface area (TPSA) is 54.4 Å². The summed E-state index contributed by atoms with van der Waals surface area (Å²) in [6, 6.07) is 0. The summed E-state index contributed by atoms with van der Waals surface area (Å²) >= 11 is 0. The van der Waals surface area contributed by atoms with Crippen molar-refractivity contribution in [1.82, 2.24) is 0 Å². The largest absolute Gasteiger partial charge is 0.584 e. The summed E-state index contributed by atoms with van der Waals surface area (Å²) in [7, 11) is -2.55. The van der Waals surface area contributed by atoms with Crippen LogP contribution in [0.25, 0.3) is 0 Å². The SMILES string of the molecule is CCC(=O)[P+](=O)O. The van der Waals surface area contributed by atoms with E-state index < -0.39 is 13.6 Å². The van der Waals surface area contributed by atoms with Crippen LogP contribution in [0.2, 0.25) is 0 Å². The minimum atomic E-state index is -2.55. The Morgan fingerprint density at radius 1 is 1.86 bits per heavy atom. The molecule has 7 heavy (non-hydrogen) atoms. The Kier molecular flexibility index (Phi) is 2.72. The molecule has 0 aliphatic rings. The number of hydrogen-bond acceptors (Lipinski definition) is 2. The zero-order valence-corrected chi connectivity index (χ0v) is 4.81. The van der Waals surface area contributed by atoms with E-state index in [1.807, 2.05) is 0 Å². The van der Waals surface area contributed by atoms with Gasteiger partial charge in [0.25, 0.3) is 0 Å². The third kappa shape index (κ3) is 2.43. The normalized spacial score (nSPS) is 10.9. The van der Waals surface area contributed by atoms with Gasteiger partial charge in [-0.2, -0.15) is 4.89 Å². The molecular weight excluding hydrogens is 115 g/mol. The highest BCUT2D eigenvalue weighted by molar-refractivity contribution is 7.58. The minimum absolute atomic E-state index is 0.145. The van der Waals surface area contributed by atoms with Gasteiger partial charge in [-0.25, -0.2) is 4.79 Å². The molecule has 40 valence electrons. The van der Waals surface area contributed by atoms with Crippen LogP contribution in [-0.2, 0) is 9.36 Å². The van der Waals surface area contributed by atoms with Crippen LogP contribution in [0.5, 0.6) is 0 Å². The molecule has 4 heteroatoms. The summed E-state index contributed by atoms with van der Waals surface area (Å²) in [5.41, 5.74) is -0.588. The van der Waals surface area contributed by atoms with Gasteiger partial charge in [-0.1, -0.05) is 6.92 Å². The van der Waals surface area contributed by atoms with Crippen LogP contribution >= 0.6 is 8.03 Å². The van der Waals surface area contributed by atoms with Crippen LogP contribution in [0.1, 0.15) is 13.3 Å².